The van der Waals surface area contributed by atoms with Crippen molar-refractivity contribution in [3.63, 3.8) is 0 Å². The highest BCUT2D eigenvalue weighted by Crippen LogP contribution is 2.28. The minimum atomic E-state index is -0.534. The van der Waals surface area contributed by atoms with E-state index in [2.05, 4.69) is 4.98 Å². The second-order valence-corrected chi connectivity index (χ2v) is 4.47. The molecule has 0 saturated heterocycles. The van der Waals surface area contributed by atoms with Crippen LogP contribution in [0.1, 0.15) is 17.3 Å². The summed E-state index contributed by atoms with van der Waals surface area (Å²) in [6.45, 7) is 1.35. The molecule has 0 N–H and O–H groups in total. The molecule has 0 saturated carbocycles. The fourth-order valence-corrected chi connectivity index (χ4v) is 2.25. The lowest BCUT2D eigenvalue weighted by Crippen LogP contribution is -2.04. The number of hydrogen-bond donors (Lipinski definition) is 0. The Labute approximate surface area is 113 Å². The number of carbonyl (C=O) groups excluding carboxylic acids is 1. The smallest absolute Gasteiger partial charge is 0.162 e. The Kier molecular flexibility index (Phi) is 2.82. The van der Waals surface area contributed by atoms with Gasteiger partial charge in [0, 0.05) is 11.1 Å². The van der Waals surface area contributed by atoms with E-state index in [-0.39, 0.29) is 16.9 Å². The average Bonchev–Trinajstić information content (AvgIpc) is 2.88. The standard InChI is InChI=1S/C15H10F2N2O/c1-9(20)12-6-13(17)14-7-18-8-19(14)15(12)10-3-2-4-11(16)5-10/h2-8H,1H3. The predicted molar refractivity (Wildman–Crippen MR) is 70.5 cm³/mol. The Morgan fingerprint density at radius 1 is 1.25 bits per heavy atom. The van der Waals surface area contributed by atoms with Crippen molar-refractivity contribution in [1.82, 2.24) is 9.38 Å². The Morgan fingerprint density at radius 3 is 2.75 bits per heavy atom. The molecule has 0 spiro atoms. The van der Waals surface area contributed by atoms with Gasteiger partial charge in [0.2, 0.25) is 0 Å². The number of rotatable bonds is 2. The van der Waals surface area contributed by atoms with Crippen molar-refractivity contribution in [3.05, 3.63) is 60.1 Å². The molecule has 0 aliphatic carbocycles. The molecule has 3 aromatic rings. The molecule has 20 heavy (non-hydrogen) atoms. The zero-order valence-electron chi connectivity index (χ0n) is 10.6. The van der Waals surface area contributed by atoms with Crippen LogP contribution < -0.4 is 0 Å². The van der Waals surface area contributed by atoms with Gasteiger partial charge in [-0.25, -0.2) is 13.8 Å². The minimum Gasteiger partial charge on any atom is -0.295 e. The van der Waals surface area contributed by atoms with Crippen molar-refractivity contribution in [2.24, 2.45) is 0 Å². The Balaban J connectivity index is 2.43. The molecule has 3 rings (SSSR count). The first-order valence-electron chi connectivity index (χ1n) is 5.99. The predicted octanol–water partition coefficient (Wildman–Crippen LogP) is 3.48. The Morgan fingerprint density at radius 2 is 2.05 bits per heavy atom. The van der Waals surface area contributed by atoms with Crippen molar-refractivity contribution in [3.8, 4) is 11.3 Å². The molecular weight excluding hydrogens is 262 g/mol. The zero-order valence-corrected chi connectivity index (χ0v) is 10.6. The van der Waals surface area contributed by atoms with Gasteiger partial charge in [-0.15, -0.1) is 0 Å². The van der Waals surface area contributed by atoms with Crippen molar-refractivity contribution in [2.75, 3.05) is 0 Å². The van der Waals surface area contributed by atoms with E-state index in [0.717, 1.165) is 0 Å². The van der Waals surface area contributed by atoms with Crippen LogP contribution in [0.25, 0.3) is 16.8 Å². The first-order valence-corrected chi connectivity index (χ1v) is 5.99. The summed E-state index contributed by atoms with van der Waals surface area (Å²) in [4.78, 5) is 15.6. The van der Waals surface area contributed by atoms with Crippen LogP contribution in [0.4, 0.5) is 8.78 Å². The first kappa shape index (κ1) is 12.5. The van der Waals surface area contributed by atoms with E-state index >= 15 is 0 Å². The molecule has 0 unspecified atom stereocenters. The molecule has 100 valence electrons. The third kappa shape index (κ3) is 1.87. The molecule has 0 aliphatic heterocycles. The van der Waals surface area contributed by atoms with Crippen LogP contribution in [0.5, 0.6) is 0 Å². The van der Waals surface area contributed by atoms with Crippen LogP contribution in [0.3, 0.4) is 0 Å². The van der Waals surface area contributed by atoms with Gasteiger partial charge in [-0.1, -0.05) is 12.1 Å². The number of halogens is 2. The molecule has 0 aliphatic rings. The lowest BCUT2D eigenvalue weighted by molar-refractivity contribution is 0.101. The van der Waals surface area contributed by atoms with Crippen LogP contribution in [-0.2, 0) is 0 Å². The van der Waals surface area contributed by atoms with Crippen molar-refractivity contribution in [1.29, 1.82) is 0 Å². The lowest BCUT2D eigenvalue weighted by atomic mass is 10.0. The normalized spacial score (nSPS) is 10.9. The molecule has 3 nitrogen and oxygen atoms in total. The van der Waals surface area contributed by atoms with Gasteiger partial charge in [0.05, 0.1) is 18.2 Å². The van der Waals surface area contributed by atoms with Gasteiger partial charge in [0.15, 0.2) is 5.78 Å². The minimum absolute atomic E-state index is 0.193. The van der Waals surface area contributed by atoms with E-state index in [0.29, 0.717) is 11.3 Å². The SMILES string of the molecule is CC(=O)c1cc(F)c2cncn2c1-c1cccc(F)c1. The maximum Gasteiger partial charge on any atom is 0.162 e. The van der Waals surface area contributed by atoms with Crippen molar-refractivity contribution in [2.45, 2.75) is 6.92 Å². The van der Waals surface area contributed by atoms with E-state index in [9.17, 15) is 13.6 Å². The van der Waals surface area contributed by atoms with E-state index in [1.807, 2.05) is 0 Å². The summed E-state index contributed by atoms with van der Waals surface area (Å²) in [7, 11) is 0. The highest BCUT2D eigenvalue weighted by molar-refractivity contribution is 6.00. The van der Waals surface area contributed by atoms with E-state index < -0.39 is 11.6 Å². The molecule has 0 bridgehead atoms. The van der Waals surface area contributed by atoms with Gasteiger partial charge < -0.3 is 0 Å². The molecular formula is C15H10F2N2O. The van der Waals surface area contributed by atoms with E-state index in [1.165, 1.54) is 42.0 Å². The van der Waals surface area contributed by atoms with Gasteiger partial charge in [-0.05, 0) is 25.1 Å². The summed E-state index contributed by atoms with van der Waals surface area (Å²) in [6, 6.07) is 6.99. The van der Waals surface area contributed by atoms with Crippen molar-refractivity contribution >= 4 is 11.3 Å². The third-order valence-electron chi connectivity index (χ3n) is 3.13. The molecule has 0 amide bonds. The van der Waals surface area contributed by atoms with Gasteiger partial charge in [-0.3, -0.25) is 9.20 Å². The average molecular weight is 272 g/mol. The van der Waals surface area contributed by atoms with E-state index in [1.54, 1.807) is 12.1 Å². The fraction of sp³-hybridized carbons (Fsp3) is 0.0667. The largest absolute Gasteiger partial charge is 0.295 e. The van der Waals surface area contributed by atoms with Crippen molar-refractivity contribution < 1.29 is 13.6 Å². The molecule has 1 aromatic carbocycles. The number of benzene rings is 1. The summed E-state index contributed by atoms with van der Waals surface area (Å²) < 4.78 is 28.8. The summed E-state index contributed by atoms with van der Waals surface area (Å²) in [5.74, 6) is -1.25. The van der Waals surface area contributed by atoms with Crippen LogP contribution in [0.15, 0.2) is 42.9 Å². The summed E-state index contributed by atoms with van der Waals surface area (Å²) in [5.41, 5.74) is 1.37. The lowest BCUT2D eigenvalue weighted by Gasteiger charge is -2.11. The topological polar surface area (TPSA) is 34.4 Å². The highest BCUT2D eigenvalue weighted by atomic mass is 19.1. The van der Waals surface area contributed by atoms with Crippen LogP contribution >= 0.6 is 0 Å². The maximum absolute atomic E-state index is 13.9. The highest BCUT2D eigenvalue weighted by Gasteiger charge is 2.17. The Bertz CT molecular complexity index is 824. The quantitative estimate of drug-likeness (QED) is 0.669. The fourth-order valence-electron chi connectivity index (χ4n) is 2.25. The molecule has 5 heteroatoms. The van der Waals surface area contributed by atoms with Gasteiger partial charge in [0.25, 0.3) is 0 Å². The molecule has 0 radical (unpaired) electrons. The van der Waals surface area contributed by atoms with Gasteiger partial charge in [-0.2, -0.15) is 0 Å². The molecule has 0 fully saturated rings. The number of fused-ring (bicyclic) bond motifs is 1. The van der Waals surface area contributed by atoms with Crippen LogP contribution in [0, 0.1) is 11.6 Å². The number of hydrogen-bond acceptors (Lipinski definition) is 2. The summed E-state index contributed by atoms with van der Waals surface area (Å²) in [6.07, 6.45) is 2.77. The number of carbonyl (C=O) groups is 1. The van der Waals surface area contributed by atoms with Gasteiger partial charge >= 0.3 is 0 Å². The Hall–Kier alpha value is -2.56. The second kappa shape index (κ2) is 4.52. The van der Waals surface area contributed by atoms with E-state index in [4.69, 9.17) is 0 Å². The number of Topliss-reactive ketones (excluding diaryl/α,β-unsaturated/α-hetero) is 1. The van der Waals surface area contributed by atoms with Gasteiger partial charge in [0.1, 0.15) is 17.2 Å². The second-order valence-electron chi connectivity index (χ2n) is 4.47. The van der Waals surface area contributed by atoms with Crippen LogP contribution in [-0.4, -0.2) is 15.2 Å². The number of aromatic nitrogens is 2. The zero-order chi connectivity index (χ0) is 14.3. The van der Waals surface area contributed by atoms with Crippen LogP contribution in [0.2, 0.25) is 0 Å². The first-order chi connectivity index (χ1) is 9.58. The number of imidazole rings is 1. The summed E-state index contributed by atoms with van der Waals surface area (Å²) in [5, 5.41) is 0. The molecule has 2 aromatic heterocycles. The third-order valence-corrected chi connectivity index (χ3v) is 3.13. The number of pyridine rings is 1. The molecule has 2 heterocycles. The monoisotopic (exact) mass is 272 g/mol. The number of ketones is 1. The molecule has 0 atom stereocenters. The maximum atomic E-state index is 13.9. The summed E-state index contributed by atoms with van der Waals surface area (Å²) >= 11 is 0. The number of nitrogens with zero attached hydrogens (tertiary/aromatic N) is 2.